The van der Waals surface area contributed by atoms with Gasteiger partial charge in [-0.25, -0.2) is 16.8 Å². The summed E-state index contributed by atoms with van der Waals surface area (Å²) < 4.78 is 50.3. The molecule has 10 heteroatoms. The van der Waals surface area contributed by atoms with Crippen molar-refractivity contribution in [2.24, 2.45) is 5.92 Å². The van der Waals surface area contributed by atoms with E-state index in [0.717, 1.165) is 6.26 Å². The standard InChI is InChI=1S/C13H17ClN2O5S2/c1-22(18,19)15-13(17)10-6-8-16(9-7-10)23(20,21)12-4-2-11(14)3-5-12/h2-5,10H,6-9H2,1H3,(H,15,17). The van der Waals surface area contributed by atoms with E-state index in [-0.39, 0.29) is 30.8 Å². The third-order valence-corrected chi connectivity index (χ3v) is 6.30. The molecule has 0 atom stereocenters. The predicted molar refractivity (Wildman–Crippen MR) is 85.9 cm³/mol. The highest BCUT2D eigenvalue weighted by Crippen LogP contribution is 2.24. The second-order valence-corrected chi connectivity index (χ2v) is 9.49. The van der Waals surface area contributed by atoms with Crippen molar-refractivity contribution < 1.29 is 21.6 Å². The van der Waals surface area contributed by atoms with Crippen LogP contribution < -0.4 is 4.72 Å². The zero-order chi connectivity index (χ0) is 17.3. The van der Waals surface area contributed by atoms with Gasteiger partial charge in [-0.05, 0) is 37.1 Å². The zero-order valence-electron chi connectivity index (χ0n) is 12.4. The Bertz CT molecular complexity index is 782. The lowest BCUT2D eigenvalue weighted by atomic mass is 9.98. The fraction of sp³-hybridized carbons (Fsp3) is 0.462. The number of benzene rings is 1. The van der Waals surface area contributed by atoms with Crippen molar-refractivity contribution in [2.45, 2.75) is 17.7 Å². The molecule has 0 saturated carbocycles. The quantitative estimate of drug-likeness (QED) is 0.833. The minimum Gasteiger partial charge on any atom is -0.274 e. The van der Waals surface area contributed by atoms with Crippen molar-refractivity contribution in [1.29, 1.82) is 0 Å². The van der Waals surface area contributed by atoms with Crippen molar-refractivity contribution in [1.82, 2.24) is 9.03 Å². The number of nitrogens with one attached hydrogen (secondary N) is 1. The van der Waals surface area contributed by atoms with Crippen molar-refractivity contribution in [2.75, 3.05) is 19.3 Å². The van der Waals surface area contributed by atoms with Gasteiger partial charge in [0.05, 0.1) is 11.2 Å². The highest BCUT2D eigenvalue weighted by Gasteiger charge is 2.32. The average Bonchev–Trinajstić information content (AvgIpc) is 2.46. The highest BCUT2D eigenvalue weighted by molar-refractivity contribution is 7.89. The molecule has 1 aromatic carbocycles. The first-order chi connectivity index (χ1) is 10.6. The number of piperidine rings is 1. The number of carbonyl (C=O) groups is 1. The molecule has 0 unspecified atom stereocenters. The molecule has 0 spiro atoms. The first-order valence-corrected chi connectivity index (χ1v) is 10.6. The molecule has 0 aromatic heterocycles. The van der Waals surface area contributed by atoms with E-state index in [4.69, 9.17) is 11.6 Å². The third kappa shape index (κ3) is 4.66. The fourth-order valence-corrected chi connectivity index (χ4v) is 4.51. The fourth-order valence-electron chi connectivity index (χ4n) is 2.38. The summed E-state index contributed by atoms with van der Waals surface area (Å²) in [7, 11) is -7.24. The lowest BCUT2D eigenvalue weighted by Crippen LogP contribution is -2.44. The average molecular weight is 381 g/mol. The zero-order valence-corrected chi connectivity index (χ0v) is 14.8. The summed E-state index contributed by atoms with van der Waals surface area (Å²) in [5.74, 6) is -1.10. The molecule has 1 amide bonds. The molecule has 1 fully saturated rings. The van der Waals surface area contributed by atoms with Crippen molar-refractivity contribution in [3.05, 3.63) is 29.3 Å². The number of rotatable bonds is 4. The molecule has 1 aromatic rings. The van der Waals surface area contributed by atoms with Crippen LogP contribution in [0.4, 0.5) is 0 Å². The maximum absolute atomic E-state index is 12.5. The second-order valence-electron chi connectivity index (χ2n) is 5.37. The summed E-state index contributed by atoms with van der Waals surface area (Å²) in [6.07, 6.45) is 1.45. The summed E-state index contributed by atoms with van der Waals surface area (Å²) in [6.45, 7) is 0.319. The molecule has 0 aliphatic carbocycles. The van der Waals surface area contributed by atoms with E-state index in [2.05, 4.69) is 0 Å². The Morgan fingerprint density at radius 2 is 1.65 bits per heavy atom. The molecule has 1 heterocycles. The van der Waals surface area contributed by atoms with Gasteiger partial charge in [0, 0.05) is 24.0 Å². The van der Waals surface area contributed by atoms with Crippen LogP contribution in [0.15, 0.2) is 29.2 Å². The van der Waals surface area contributed by atoms with Gasteiger partial charge in [-0.3, -0.25) is 9.52 Å². The first-order valence-electron chi connectivity index (χ1n) is 6.87. The van der Waals surface area contributed by atoms with Gasteiger partial charge >= 0.3 is 0 Å². The van der Waals surface area contributed by atoms with E-state index in [1.54, 1.807) is 0 Å². The molecular formula is C13H17ClN2O5S2. The van der Waals surface area contributed by atoms with E-state index in [0.29, 0.717) is 5.02 Å². The first kappa shape index (κ1) is 18.2. The van der Waals surface area contributed by atoms with Gasteiger partial charge in [-0.15, -0.1) is 0 Å². The Balaban J connectivity index is 2.04. The van der Waals surface area contributed by atoms with Crippen molar-refractivity contribution in [3.63, 3.8) is 0 Å². The van der Waals surface area contributed by atoms with Gasteiger partial charge < -0.3 is 0 Å². The Kier molecular flexibility index (Phi) is 5.34. The van der Waals surface area contributed by atoms with Crippen LogP contribution in [0.1, 0.15) is 12.8 Å². The smallest absolute Gasteiger partial charge is 0.243 e. The number of sulfonamides is 2. The van der Waals surface area contributed by atoms with Crippen LogP contribution in [0.5, 0.6) is 0 Å². The molecule has 0 radical (unpaired) electrons. The predicted octanol–water partition coefficient (Wildman–Crippen LogP) is 0.817. The number of nitrogens with zero attached hydrogens (tertiary/aromatic N) is 1. The van der Waals surface area contributed by atoms with Crippen LogP contribution in [0.2, 0.25) is 5.02 Å². The molecule has 128 valence electrons. The van der Waals surface area contributed by atoms with Gasteiger partial charge in [0.25, 0.3) is 0 Å². The number of hydrogen-bond donors (Lipinski definition) is 1. The molecular weight excluding hydrogens is 364 g/mol. The van der Waals surface area contributed by atoms with E-state index in [1.807, 2.05) is 4.72 Å². The number of halogens is 1. The molecule has 1 aliphatic heterocycles. The summed E-state index contributed by atoms with van der Waals surface area (Å²) in [6, 6.07) is 5.86. The maximum Gasteiger partial charge on any atom is 0.243 e. The van der Waals surface area contributed by atoms with Gasteiger partial charge in [-0.1, -0.05) is 11.6 Å². The van der Waals surface area contributed by atoms with E-state index in [1.165, 1.54) is 28.6 Å². The minimum atomic E-state index is -3.64. The van der Waals surface area contributed by atoms with E-state index in [9.17, 15) is 21.6 Å². The van der Waals surface area contributed by atoms with E-state index < -0.39 is 31.9 Å². The van der Waals surface area contributed by atoms with Gasteiger partial charge in [0.1, 0.15) is 0 Å². The van der Waals surface area contributed by atoms with Crippen LogP contribution in [0, 0.1) is 5.92 Å². The molecule has 1 saturated heterocycles. The second kappa shape index (κ2) is 6.76. The molecule has 2 rings (SSSR count). The summed E-state index contributed by atoms with van der Waals surface area (Å²) >= 11 is 5.75. The summed E-state index contributed by atoms with van der Waals surface area (Å²) in [4.78, 5) is 11.9. The SMILES string of the molecule is CS(=O)(=O)NC(=O)C1CCN(S(=O)(=O)c2ccc(Cl)cc2)CC1. The molecule has 7 nitrogen and oxygen atoms in total. The van der Waals surface area contributed by atoms with Crippen LogP contribution in [0.25, 0.3) is 0 Å². The Labute approximate surface area is 140 Å². The van der Waals surface area contributed by atoms with Crippen LogP contribution in [-0.4, -0.2) is 46.4 Å². The van der Waals surface area contributed by atoms with Crippen LogP contribution in [0.3, 0.4) is 0 Å². The topological polar surface area (TPSA) is 101 Å². The molecule has 23 heavy (non-hydrogen) atoms. The van der Waals surface area contributed by atoms with Crippen molar-refractivity contribution >= 4 is 37.6 Å². The minimum absolute atomic E-state index is 0.140. The Morgan fingerprint density at radius 3 is 2.13 bits per heavy atom. The number of amides is 1. The number of carbonyl (C=O) groups excluding carboxylic acids is 1. The van der Waals surface area contributed by atoms with Crippen molar-refractivity contribution in [3.8, 4) is 0 Å². The summed E-state index contributed by atoms with van der Waals surface area (Å²) in [5, 5.41) is 0.445. The third-order valence-electron chi connectivity index (χ3n) is 3.56. The van der Waals surface area contributed by atoms with Crippen LogP contribution in [-0.2, 0) is 24.8 Å². The largest absolute Gasteiger partial charge is 0.274 e. The lowest BCUT2D eigenvalue weighted by molar-refractivity contribution is -0.124. The highest BCUT2D eigenvalue weighted by atomic mass is 35.5. The monoisotopic (exact) mass is 380 g/mol. The maximum atomic E-state index is 12.5. The molecule has 1 aliphatic rings. The Morgan fingerprint density at radius 1 is 1.13 bits per heavy atom. The summed E-state index contributed by atoms with van der Waals surface area (Å²) in [5.41, 5.74) is 0. The molecule has 0 bridgehead atoms. The number of hydrogen-bond acceptors (Lipinski definition) is 5. The molecule has 1 N–H and O–H groups in total. The normalized spacial score (nSPS) is 17.8. The van der Waals surface area contributed by atoms with Gasteiger partial charge in [0.15, 0.2) is 0 Å². The lowest BCUT2D eigenvalue weighted by Gasteiger charge is -2.30. The Hall–Kier alpha value is -1.16. The van der Waals surface area contributed by atoms with Gasteiger partial charge in [0.2, 0.25) is 26.0 Å². The van der Waals surface area contributed by atoms with E-state index >= 15 is 0 Å². The van der Waals surface area contributed by atoms with Gasteiger partial charge in [-0.2, -0.15) is 4.31 Å². The van der Waals surface area contributed by atoms with Crippen LogP contribution >= 0.6 is 11.6 Å².